The predicted octanol–water partition coefficient (Wildman–Crippen LogP) is 3.10. The molecule has 4 nitrogen and oxygen atoms in total. The number of hydrogen-bond acceptors (Lipinski definition) is 2. The Kier molecular flexibility index (Phi) is 5.94. The number of nitrogens with one attached hydrogen (secondary N) is 1. The lowest BCUT2D eigenvalue weighted by Crippen LogP contribution is -2.44. The normalized spacial score (nSPS) is 14.3. The van der Waals surface area contributed by atoms with Gasteiger partial charge in [0.25, 0.3) is 0 Å². The van der Waals surface area contributed by atoms with E-state index >= 15 is 0 Å². The topological polar surface area (TPSA) is 59.6 Å². The molecule has 1 heterocycles. The highest BCUT2D eigenvalue weighted by atomic mass is 127. The fourth-order valence-electron chi connectivity index (χ4n) is 2.06. The molecule has 0 saturated carbocycles. The Labute approximate surface area is 142 Å². The molecule has 6 heteroatoms. The maximum atomic E-state index is 6.10. The van der Waals surface area contributed by atoms with Gasteiger partial charge >= 0.3 is 0 Å². The van der Waals surface area contributed by atoms with Crippen molar-refractivity contribution in [2.24, 2.45) is 10.7 Å². The second kappa shape index (κ2) is 6.85. The Morgan fingerprint density at radius 1 is 1.45 bits per heavy atom. The number of rotatable bonds is 2. The van der Waals surface area contributed by atoms with Crippen LogP contribution in [0.15, 0.2) is 17.1 Å². The summed E-state index contributed by atoms with van der Waals surface area (Å²) in [5.41, 5.74) is 7.90. The highest BCUT2D eigenvalue weighted by Crippen LogP contribution is 2.33. The molecule has 1 aliphatic heterocycles. The molecule has 0 atom stereocenters. The maximum Gasteiger partial charge on any atom is 0.189 e. The van der Waals surface area contributed by atoms with E-state index in [9.17, 15) is 0 Å². The Balaban J connectivity index is 0.00000200. The van der Waals surface area contributed by atoms with Crippen LogP contribution < -0.4 is 15.8 Å². The SMILES string of the molecule is CC(C)(C)NC(N)=NCc1cc(Cl)cc2c1OCC2.I. The van der Waals surface area contributed by atoms with Crippen molar-refractivity contribution in [2.75, 3.05) is 6.61 Å². The average molecular weight is 410 g/mol. The molecule has 3 N–H and O–H groups in total. The quantitative estimate of drug-likeness (QED) is 0.448. The molecule has 0 fully saturated rings. The monoisotopic (exact) mass is 409 g/mol. The van der Waals surface area contributed by atoms with Gasteiger partial charge in [0.15, 0.2) is 5.96 Å². The first-order chi connectivity index (χ1) is 8.85. The van der Waals surface area contributed by atoms with Crippen LogP contribution in [0.4, 0.5) is 0 Å². The fraction of sp³-hybridized carbons (Fsp3) is 0.500. The molecule has 2 rings (SSSR count). The van der Waals surface area contributed by atoms with E-state index in [0.717, 1.165) is 28.3 Å². The molecule has 20 heavy (non-hydrogen) atoms. The summed E-state index contributed by atoms with van der Waals surface area (Å²) in [5, 5.41) is 3.84. The van der Waals surface area contributed by atoms with Crippen LogP contribution in [-0.2, 0) is 13.0 Å². The molecule has 1 aliphatic rings. The van der Waals surface area contributed by atoms with Crippen molar-refractivity contribution in [1.29, 1.82) is 0 Å². The van der Waals surface area contributed by atoms with Crippen LogP contribution in [-0.4, -0.2) is 18.1 Å². The van der Waals surface area contributed by atoms with Gasteiger partial charge in [-0.1, -0.05) is 11.6 Å². The Hall–Kier alpha value is -0.690. The summed E-state index contributed by atoms with van der Waals surface area (Å²) in [4.78, 5) is 4.34. The smallest absolute Gasteiger partial charge is 0.189 e. The van der Waals surface area contributed by atoms with Crippen molar-refractivity contribution in [3.8, 4) is 5.75 Å². The van der Waals surface area contributed by atoms with Crippen LogP contribution in [0.1, 0.15) is 31.9 Å². The van der Waals surface area contributed by atoms with E-state index < -0.39 is 0 Å². The van der Waals surface area contributed by atoms with E-state index in [1.54, 1.807) is 0 Å². The predicted molar refractivity (Wildman–Crippen MR) is 94.3 cm³/mol. The van der Waals surface area contributed by atoms with Crippen LogP contribution in [0.2, 0.25) is 5.02 Å². The molecular formula is C14H21ClIN3O. The van der Waals surface area contributed by atoms with Crippen LogP contribution >= 0.6 is 35.6 Å². The summed E-state index contributed by atoms with van der Waals surface area (Å²) in [6, 6.07) is 3.84. The second-order valence-electron chi connectivity index (χ2n) is 5.73. The van der Waals surface area contributed by atoms with Gasteiger partial charge in [0.2, 0.25) is 0 Å². The van der Waals surface area contributed by atoms with Gasteiger partial charge in [0.05, 0.1) is 13.2 Å². The van der Waals surface area contributed by atoms with Gasteiger partial charge in [-0.15, -0.1) is 24.0 Å². The van der Waals surface area contributed by atoms with Crippen molar-refractivity contribution < 1.29 is 4.74 Å². The number of halogens is 2. The molecule has 0 unspecified atom stereocenters. The van der Waals surface area contributed by atoms with Crippen molar-refractivity contribution in [3.63, 3.8) is 0 Å². The third-order valence-corrected chi connectivity index (χ3v) is 2.97. The summed E-state index contributed by atoms with van der Waals surface area (Å²) < 4.78 is 5.63. The van der Waals surface area contributed by atoms with E-state index in [4.69, 9.17) is 22.1 Å². The molecule has 0 aromatic heterocycles. The number of fused-ring (bicyclic) bond motifs is 1. The summed E-state index contributed by atoms with van der Waals surface area (Å²) >= 11 is 6.10. The molecule has 0 saturated heterocycles. The summed E-state index contributed by atoms with van der Waals surface area (Å²) in [6.45, 7) is 7.29. The van der Waals surface area contributed by atoms with Gasteiger partial charge in [-0.3, -0.25) is 0 Å². The van der Waals surface area contributed by atoms with Crippen LogP contribution in [0, 0.1) is 0 Å². The lowest BCUT2D eigenvalue weighted by molar-refractivity contribution is 0.353. The Morgan fingerprint density at radius 2 is 2.15 bits per heavy atom. The Bertz CT molecular complexity index is 512. The molecule has 1 aromatic rings. The molecule has 0 spiro atoms. The summed E-state index contributed by atoms with van der Waals surface area (Å²) in [6.07, 6.45) is 0.905. The number of guanidine groups is 1. The zero-order valence-electron chi connectivity index (χ0n) is 12.0. The molecule has 0 amide bonds. The minimum atomic E-state index is -0.0969. The molecule has 0 aliphatic carbocycles. The number of ether oxygens (including phenoxy) is 1. The third kappa shape index (κ3) is 4.70. The minimum Gasteiger partial charge on any atom is -0.493 e. The minimum absolute atomic E-state index is 0. The second-order valence-corrected chi connectivity index (χ2v) is 6.16. The van der Waals surface area contributed by atoms with Crippen molar-refractivity contribution in [3.05, 3.63) is 28.3 Å². The Morgan fingerprint density at radius 3 is 2.80 bits per heavy atom. The van der Waals surface area contributed by atoms with Gasteiger partial charge in [-0.2, -0.15) is 0 Å². The van der Waals surface area contributed by atoms with Crippen molar-refractivity contribution in [2.45, 2.75) is 39.3 Å². The number of nitrogens with two attached hydrogens (primary N) is 1. The fourth-order valence-corrected chi connectivity index (χ4v) is 2.32. The maximum absolute atomic E-state index is 6.10. The van der Waals surface area contributed by atoms with Crippen LogP contribution in [0.25, 0.3) is 0 Å². The number of hydrogen-bond donors (Lipinski definition) is 2. The molecule has 0 radical (unpaired) electrons. The summed E-state index contributed by atoms with van der Waals surface area (Å²) in [7, 11) is 0. The first kappa shape index (κ1) is 17.4. The van der Waals surface area contributed by atoms with E-state index in [1.807, 2.05) is 32.9 Å². The summed E-state index contributed by atoms with van der Waals surface area (Å²) in [5.74, 6) is 1.34. The zero-order chi connectivity index (χ0) is 14.0. The van der Waals surface area contributed by atoms with E-state index in [-0.39, 0.29) is 29.5 Å². The lowest BCUT2D eigenvalue weighted by Gasteiger charge is -2.21. The van der Waals surface area contributed by atoms with Gasteiger partial charge in [-0.25, -0.2) is 4.99 Å². The van der Waals surface area contributed by atoms with Crippen molar-refractivity contribution >= 4 is 41.5 Å². The number of nitrogens with zero attached hydrogens (tertiary/aromatic N) is 1. The largest absolute Gasteiger partial charge is 0.493 e. The third-order valence-electron chi connectivity index (χ3n) is 2.75. The van der Waals surface area contributed by atoms with Crippen LogP contribution in [0.5, 0.6) is 5.75 Å². The van der Waals surface area contributed by atoms with E-state index in [2.05, 4.69) is 10.3 Å². The highest BCUT2D eigenvalue weighted by molar-refractivity contribution is 14.0. The molecular weight excluding hydrogens is 389 g/mol. The molecule has 1 aromatic carbocycles. The van der Waals surface area contributed by atoms with E-state index in [1.165, 1.54) is 0 Å². The average Bonchev–Trinajstić information content (AvgIpc) is 2.71. The number of aliphatic imine (C=N–C) groups is 1. The van der Waals surface area contributed by atoms with Gasteiger partial charge in [0, 0.05) is 22.5 Å². The highest BCUT2D eigenvalue weighted by Gasteiger charge is 2.17. The van der Waals surface area contributed by atoms with Gasteiger partial charge in [0.1, 0.15) is 5.75 Å². The van der Waals surface area contributed by atoms with Crippen molar-refractivity contribution in [1.82, 2.24) is 5.32 Å². The van der Waals surface area contributed by atoms with Gasteiger partial charge in [-0.05, 0) is 38.5 Å². The van der Waals surface area contributed by atoms with E-state index in [0.29, 0.717) is 19.1 Å². The molecule has 0 bridgehead atoms. The lowest BCUT2D eigenvalue weighted by atomic mass is 10.1. The number of benzene rings is 1. The zero-order valence-corrected chi connectivity index (χ0v) is 15.1. The first-order valence-corrected chi connectivity index (χ1v) is 6.75. The standard InChI is InChI=1S/C14H20ClN3O.HI/c1-14(2,3)18-13(16)17-8-10-7-11(15)6-9-4-5-19-12(9)10;/h6-7H,4-5,8H2,1-3H3,(H3,16,17,18);1H. The first-order valence-electron chi connectivity index (χ1n) is 6.37. The van der Waals surface area contributed by atoms with Crippen LogP contribution in [0.3, 0.4) is 0 Å². The van der Waals surface area contributed by atoms with Gasteiger partial charge < -0.3 is 15.8 Å². The molecule has 112 valence electrons.